The largest absolute Gasteiger partial charge is 0.482 e. The Balaban J connectivity index is 1.48. The molecule has 0 aromatic heterocycles. The number of rotatable bonds is 8. The zero-order valence-electron chi connectivity index (χ0n) is 17.0. The van der Waals surface area contributed by atoms with E-state index in [4.69, 9.17) is 21.1 Å². The van der Waals surface area contributed by atoms with Crippen molar-refractivity contribution in [2.75, 3.05) is 6.61 Å². The molecule has 3 rings (SSSR count). The van der Waals surface area contributed by atoms with Gasteiger partial charge in [-0.05, 0) is 41.8 Å². The van der Waals surface area contributed by atoms with Gasteiger partial charge in [0.05, 0.1) is 5.02 Å². The summed E-state index contributed by atoms with van der Waals surface area (Å²) in [6.07, 6.45) is -0.328. The fourth-order valence-corrected chi connectivity index (χ4v) is 2.99. The molecule has 0 fully saturated rings. The maximum absolute atomic E-state index is 12.4. The summed E-state index contributed by atoms with van der Waals surface area (Å²) in [5.74, 6) is -0.0227. The molecule has 0 spiro atoms. The van der Waals surface area contributed by atoms with Crippen molar-refractivity contribution in [1.82, 2.24) is 10.9 Å². The van der Waals surface area contributed by atoms with Gasteiger partial charge in [0, 0.05) is 0 Å². The van der Waals surface area contributed by atoms with Crippen LogP contribution in [-0.2, 0) is 9.59 Å². The summed E-state index contributed by atoms with van der Waals surface area (Å²) >= 11 is 5.97. The van der Waals surface area contributed by atoms with Crippen LogP contribution in [0.15, 0.2) is 78.9 Å². The first-order chi connectivity index (χ1) is 15.1. The molecule has 160 valence electrons. The van der Waals surface area contributed by atoms with Crippen molar-refractivity contribution in [2.24, 2.45) is 0 Å². The molecule has 3 aromatic rings. The van der Waals surface area contributed by atoms with E-state index in [-0.39, 0.29) is 6.61 Å². The molecule has 0 aliphatic heterocycles. The summed E-state index contributed by atoms with van der Waals surface area (Å²) in [5.41, 5.74) is 6.83. The number of benzene rings is 3. The van der Waals surface area contributed by atoms with Crippen molar-refractivity contribution >= 4 is 23.4 Å². The quantitative estimate of drug-likeness (QED) is 0.511. The minimum atomic E-state index is -0.757. The van der Waals surface area contributed by atoms with Crippen LogP contribution in [-0.4, -0.2) is 24.5 Å². The topological polar surface area (TPSA) is 76.7 Å². The SMILES string of the molecule is CCC(Oc1ccc(-c2ccccc2)cc1)C(=O)NNC(=O)COc1ccccc1Cl. The normalized spacial score (nSPS) is 11.3. The molecular formula is C24H23ClN2O4. The third kappa shape index (κ3) is 6.49. The van der Waals surface area contributed by atoms with Crippen molar-refractivity contribution in [3.8, 4) is 22.6 Å². The van der Waals surface area contributed by atoms with E-state index in [0.717, 1.165) is 11.1 Å². The summed E-state index contributed by atoms with van der Waals surface area (Å²) in [4.78, 5) is 24.3. The summed E-state index contributed by atoms with van der Waals surface area (Å²) in [7, 11) is 0. The molecule has 0 heterocycles. The Kier molecular flexibility index (Phi) is 7.90. The van der Waals surface area contributed by atoms with Gasteiger partial charge in [0.2, 0.25) is 0 Å². The van der Waals surface area contributed by atoms with E-state index in [9.17, 15) is 9.59 Å². The smallest absolute Gasteiger partial charge is 0.279 e. The lowest BCUT2D eigenvalue weighted by atomic mass is 10.1. The molecule has 0 saturated heterocycles. The highest BCUT2D eigenvalue weighted by molar-refractivity contribution is 6.32. The Hall–Kier alpha value is -3.51. The number of carbonyl (C=O) groups excluding carboxylic acids is 2. The zero-order chi connectivity index (χ0) is 22.1. The third-order valence-electron chi connectivity index (χ3n) is 4.42. The standard InChI is InChI=1S/C24H23ClN2O4/c1-2-21(31-19-14-12-18(13-15-19)17-8-4-3-5-9-17)24(29)27-26-23(28)16-30-22-11-7-6-10-20(22)25/h3-15,21H,2,16H2,1H3,(H,26,28)(H,27,29). The summed E-state index contributed by atoms with van der Waals surface area (Å²) < 4.78 is 11.1. The zero-order valence-corrected chi connectivity index (χ0v) is 17.8. The van der Waals surface area contributed by atoms with Gasteiger partial charge in [-0.25, -0.2) is 0 Å². The molecule has 0 aliphatic carbocycles. The van der Waals surface area contributed by atoms with Gasteiger partial charge in [-0.3, -0.25) is 20.4 Å². The van der Waals surface area contributed by atoms with Gasteiger partial charge in [0.25, 0.3) is 11.8 Å². The number of carbonyl (C=O) groups is 2. The van der Waals surface area contributed by atoms with Gasteiger partial charge in [-0.2, -0.15) is 0 Å². The number of ether oxygens (including phenoxy) is 2. The summed E-state index contributed by atoms with van der Waals surface area (Å²) in [6, 6.07) is 24.3. The number of amides is 2. The highest BCUT2D eigenvalue weighted by Crippen LogP contribution is 2.23. The van der Waals surface area contributed by atoms with Crippen molar-refractivity contribution < 1.29 is 19.1 Å². The molecule has 0 radical (unpaired) electrons. The Bertz CT molecular complexity index is 1010. The van der Waals surface area contributed by atoms with Crippen LogP contribution in [0, 0.1) is 0 Å². The highest BCUT2D eigenvalue weighted by atomic mass is 35.5. The molecular weight excluding hydrogens is 416 g/mol. The number of para-hydroxylation sites is 1. The van der Waals surface area contributed by atoms with Crippen molar-refractivity contribution in [2.45, 2.75) is 19.4 Å². The number of hydrogen-bond donors (Lipinski definition) is 2. The Morgan fingerprint density at radius 2 is 1.52 bits per heavy atom. The van der Waals surface area contributed by atoms with Crippen LogP contribution in [0.3, 0.4) is 0 Å². The van der Waals surface area contributed by atoms with E-state index in [1.807, 2.05) is 61.5 Å². The van der Waals surface area contributed by atoms with Gasteiger partial charge in [-0.1, -0.05) is 73.1 Å². The van der Waals surface area contributed by atoms with E-state index in [1.54, 1.807) is 24.3 Å². The van der Waals surface area contributed by atoms with Crippen molar-refractivity contribution in [1.29, 1.82) is 0 Å². The van der Waals surface area contributed by atoms with Gasteiger partial charge in [0.1, 0.15) is 11.5 Å². The van der Waals surface area contributed by atoms with E-state index >= 15 is 0 Å². The Labute approximate surface area is 186 Å². The van der Waals surface area contributed by atoms with E-state index in [1.165, 1.54) is 0 Å². The summed E-state index contributed by atoms with van der Waals surface area (Å²) in [5, 5.41) is 0.400. The minimum absolute atomic E-state index is 0.289. The molecule has 0 bridgehead atoms. The first kappa shape index (κ1) is 22.2. The van der Waals surface area contributed by atoms with E-state index in [0.29, 0.717) is 22.9 Å². The maximum Gasteiger partial charge on any atom is 0.279 e. The summed E-state index contributed by atoms with van der Waals surface area (Å²) in [6.45, 7) is 1.54. The molecule has 6 nitrogen and oxygen atoms in total. The van der Waals surface area contributed by atoms with Gasteiger partial charge in [0.15, 0.2) is 12.7 Å². The highest BCUT2D eigenvalue weighted by Gasteiger charge is 2.19. The lowest BCUT2D eigenvalue weighted by molar-refractivity contribution is -0.134. The molecule has 31 heavy (non-hydrogen) atoms. The first-order valence-electron chi connectivity index (χ1n) is 9.85. The monoisotopic (exact) mass is 438 g/mol. The molecule has 1 unspecified atom stereocenters. The Morgan fingerprint density at radius 3 is 2.19 bits per heavy atom. The predicted molar refractivity (Wildman–Crippen MR) is 120 cm³/mol. The molecule has 0 saturated carbocycles. The number of halogens is 1. The second-order valence-corrected chi connectivity index (χ2v) is 7.07. The lowest BCUT2D eigenvalue weighted by Gasteiger charge is -2.18. The van der Waals surface area contributed by atoms with Gasteiger partial charge >= 0.3 is 0 Å². The third-order valence-corrected chi connectivity index (χ3v) is 4.74. The van der Waals surface area contributed by atoms with E-state index < -0.39 is 17.9 Å². The molecule has 2 N–H and O–H groups in total. The predicted octanol–water partition coefficient (Wildman–Crippen LogP) is 4.39. The van der Waals surface area contributed by atoms with Crippen LogP contribution < -0.4 is 20.3 Å². The maximum atomic E-state index is 12.4. The van der Waals surface area contributed by atoms with Crippen LogP contribution in [0.25, 0.3) is 11.1 Å². The van der Waals surface area contributed by atoms with Crippen LogP contribution in [0.1, 0.15) is 13.3 Å². The Morgan fingerprint density at radius 1 is 0.871 bits per heavy atom. The van der Waals surface area contributed by atoms with Gasteiger partial charge in [-0.15, -0.1) is 0 Å². The molecule has 7 heteroatoms. The lowest BCUT2D eigenvalue weighted by Crippen LogP contribution is -2.49. The van der Waals surface area contributed by atoms with Crippen LogP contribution in [0.2, 0.25) is 5.02 Å². The fourth-order valence-electron chi connectivity index (χ4n) is 2.80. The molecule has 1 atom stereocenters. The second kappa shape index (κ2) is 11.0. The number of hydrogen-bond acceptors (Lipinski definition) is 4. The van der Waals surface area contributed by atoms with Crippen molar-refractivity contribution in [3.63, 3.8) is 0 Å². The fraction of sp³-hybridized carbons (Fsp3) is 0.167. The molecule has 2 amide bonds. The second-order valence-electron chi connectivity index (χ2n) is 6.66. The van der Waals surface area contributed by atoms with Crippen LogP contribution >= 0.6 is 11.6 Å². The van der Waals surface area contributed by atoms with E-state index in [2.05, 4.69) is 10.9 Å². The minimum Gasteiger partial charge on any atom is -0.482 e. The average Bonchev–Trinajstić information content (AvgIpc) is 2.81. The van der Waals surface area contributed by atoms with Crippen LogP contribution in [0.4, 0.5) is 0 Å². The van der Waals surface area contributed by atoms with Crippen LogP contribution in [0.5, 0.6) is 11.5 Å². The van der Waals surface area contributed by atoms with Gasteiger partial charge < -0.3 is 9.47 Å². The van der Waals surface area contributed by atoms with Crippen molar-refractivity contribution in [3.05, 3.63) is 83.9 Å². The molecule has 3 aromatic carbocycles. The molecule has 0 aliphatic rings. The number of nitrogens with one attached hydrogen (secondary N) is 2. The number of hydrazine groups is 1. The average molecular weight is 439 g/mol. The first-order valence-corrected chi connectivity index (χ1v) is 10.2.